The first-order valence-corrected chi connectivity index (χ1v) is 8.00. The Morgan fingerprint density at radius 3 is 2.59 bits per heavy atom. The number of nitrogens with two attached hydrogens (primary N) is 1. The van der Waals surface area contributed by atoms with Crippen LogP contribution in [0.4, 0.5) is 11.4 Å². The number of nitrogen functional groups attached to an aromatic ring is 1. The van der Waals surface area contributed by atoms with E-state index in [9.17, 15) is 14.9 Å². The van der Waals surface area contributed by atoms with Crippen molar-refractivity contribution in [3.8, 4) is 11.5 Å². The van der Waals surface area contributed by atoms with Crippen LogP contribution in [0.25, 0.3) is 11.5 Å². The van der Waals surface area contributed by atoms with Crippen molar-refractivity contribution in [2.45, 2.75) is 20.0 Å². The predicted molar refractivity (Wildman–Crippen MR) is 95.8 cm³/mol. The second-order valence-electron chi connectivity index (χ2n) is 5.89. The molecule has 2 N–H and O–H groups in total. The fourth-order valence-corrected chi connectivity index (χ4v) is 2.32. The number of aromatic nitrogens is 2. The first-order chi connectivity index (χ1) is 12.8. The molecule has 0 spiro atoms. The summed E-state index contributed by atoms with van der Waals surface area (Å²) in [6.07, 6.45) is -0.833. The third-order valence-electron chi connectivity index (χ3n) is 3.83. The normalized spacial score (nSPS) is 11.8. The zero-order chi connectivity index (χ0) is 19.6. The van der Waals surface area contributed by atoms with E-state index in [0.717, 1.165) is 17.2 Å². The molecule has 0 saturated heterocycles. The second kappa shape index (κ2) is 7.24. The van der Waals surface area contributed by atoms with Gasteiger partial charge in [-0.2, -0.15) is 0 Å². The van der Waals surface area contributed by atoms with Crippen LogP contribution in [0, 0.1) is 17.0 Å². The number of hydrogen-bond acceptors (Lipinski definition) is 8. The first kappa shape index (κ1) is 18.1. The molecule has 0 aliphatic heterocycles. The van der Waals surface area contributed by atoms with Crippen molar-refractivity contribution in [1.29, 1.82) is 0 Å². The zero-order valence-corrected chi connectivity index (χ0v) is 14.6. The van der Waals surface area contributed by atoms with E-state index in [4.69, 9.17) is 14.9 Å². The summed E-state index contributed by atoms with van der Waals surface area (Å²) >= 11 is 0. The highest BCUT2D eigenvalue weighted by molar-refractivity contribution is 5.91. The number of hydrogen-bond donors (Lipinski definition) is 1. The number of ether oxygens (including phenoxy) is 1. The first-order valence-electron chi connectivity index (χ1n) is 8.00. The summed E-state index contributed by atoms with van der Waals surface area (Å²) in [6, 6.07) is 11.2. The van der Waals surface area contributed by atoms with Gasteiger partial charge in [-0.3, -0.25) is 10.1 Å². The summed E-state index contributed by atoms with van der Waals surface area (Å²) in [5, 5.41) is 18.8. The van der Waals surface area contributed by atoms with E-state index in [-0.39, 0.29) is 22.8 Å². The van der Waals surface area contributed by atoms with Crippen LogP contribution >= 0.6 is 0 Å². The number of nitro benzene ring substituents is 1. The maximum atomic E-state index is 12.3. The van der Waals surface area contributed by atoms with Gasteiger partial charge in [0.05, 0.1) is 10.5 Å². The lowest BCUT2D eigenvalue weighted by Gasteiger charge is -2.09. The van der Waals surface area contributed by atoms with E-state index in [1.54, 1.807) is 6.92 Å². The molecule has 3 aromatic rings. The van der Waals surface area contributed by atoms with Crippen LogP contribution in [0.1, 0.15) is 34.8 Å². The quantitative estimate of drug-likeness (QED) is 0.313. The number of nitro groups is 1. The van der Waals surface area contributed by atoms with Gasteiger partial charge in [-0.15, -0.1) is 10.2 Å². The minimum atomic E-state index is -0.833. The van der Waals surface area contributed by atoms with Gasteiger partial charge < -0.3 is 14.9 Å². The smallest absolute Gasteiger partial charge is 0.339 e. The van der Waals surface area contributed by atoms with Gasteiger partial charge >= 0.3 is 5.97 Å². The molecule has 0 amide bonds. The maximum absolute atomic E-state index is 12.3. The largest absolute Gasteiger partial charge is 0.449 e. The molecule has 0 fully saturated rings. The molecule has 27 heavy (non-hydrogen) atoms. The number of aryl methyl sites for hydroxylation is 1. The van der Waals surface area contributed by atoms with Crippen LogP contribution in [0.15, 0.2) is 46.9 Å². The number of anilines is 1. The molecule has 3 rings (SSSR count). The van der Waals surface area contributed by atoms with Crippen LogP contribution in [-0.4, -0.2) is 21.1 Å². The van der Waals surface area contributed by atoms with Gasteiger partial charge in [-0.1, -0.05) is 17.7 Å². The molecule has 138 valence electrons. The number of carbonyl (C=O) groups excluding carboxylic acids is 1. The topological polar surface area (TPSA) is 134 Å². The van der Waals surface area contributed by atoms with E-state index in [1.165, 1.54) is 12.1 Å². The molecular weight excluding hydrogens is 352 g/mol. The molecule has 0 bridgehead atoms. The summed E-state index contributed by atoms with van der Waals surface area (Å²) in [4.78, 5) is 22.5. The summed E-state index contributed by atoms with van der Waals surface area (Å²) < 4.78 is 10.8. The average Bonchev–Trinajstić information content (AvgIpc) is 3.12. The molecule has 2 aromatic carbocycles. The van der Waals surface area contributed by atoms with Gasteiger partial charge in [0.2, 0.25) is 5.89 Å². The molecule has 9 nitrogen and oxygen atoms in total. The highest BCUT2D eigenvalue weighted by Crippen LogP contribution is 2.26. The van der Waals surface area contributed by atoms with Gasteiger partial charge in [0.15, 0.2) is 6.10 Å². The minimum absolute atomic E-state index is 0.000948. The Labute approximate surface area is 153 Å². The third-order valence-corrected chi connectivity index (χ3v) is 3.83. The van der Waals surface area contributed by atoms with Crippen molar-refractivity contribution >= 4 is 17.3 Å². The van der Waals surface area contributed by atoms with Crippen molar-refractivity contribution in [2.24, 2.45) is 0 Å². The Kier molecular flexibility index (Phi) is 4.84. The molecule has 0 radical (unpaired) electrons. The van der Waals surface area contributed by atoms with Crippen molar-refractivity contribution in [3.63, 3.8) is 0 Å². The summed E-state index contributed by atoms with van der Waals surface area (Å²) in [7, 11) is 0. The van der Waals surface area contributed by atoms with Crippen LogP contribution in [0.5, 0.6) is 0 Å². The van der Waals surface area contributed by atoms with Gasteiger partial charge in [-0.05, 0) is 38.1 Å². The number of rotatable bonds is 5. The van der Waals surface area contributed by atoms with E-state index < -0.39 is 17.0 Å². The number of nitrogens with zero attached hydrogens (tertiary/aromatic N) is 3. The molecular formula is C18H16N4O5. The predicted octanol–water partition coefficient (Wildman–Crippen LogP) is 3.45. The maximum Gasteiger partial charge on any atom is 0.339 e. The lowest BCUT2D eigenvalue weighted by Crippen LogP contribution is -2.10. The molecule has 0 aliphatic rings. The number of carbonyl (C=O) groups is 1. The van der Waals surface area contributed by atoms with Crippen molar-refractivity contribution < 1.29 is 18.9 Å². The Morgan fingerprint density at radius 1 is 1.22 bits per heavy atom. The SMILES string of the molecule is Cc1ccc(-c2nnc([C@@H](C)OC(=O)c3ccc(N)c([N+](=O)[O-])c3)o2)cc1. The van der Waals surface area contributed by atoms with Crippen LogP contribution in [-0.2, 0) is 4.74 Å². The van der Waals surface area contributed by atoms with Crippen LogP contribution in [0.3, 0.4) is 0 Å². The van der Waals surface area contributed by atoms with Gasteiger partial charge in [0.1, 0.15) is 5.69 Å². The summed E-state index contributed by atoms with van der Waals surface area (Å²) in [6.45, 7) is 3.53. The Balaban J connectivity index is 1.75. The molecule has 1 aromatic heterocycles. The van der Waals surface area contributed by atoms with E-state index in [2.05, 4.69) is 10.2 Å². The second-order valence-corrected chi connectivity index (χ2v) is 5.89. The number of benzene rings is 2. The van der Waals surface area contributed by atoms with Gasteiger partial charge in [-0.25, -0.2) is 4.79 Å². The van der Waals surface area contributed by atoms with E-state index in [1.807, 2.05) is 31.2 Å². The fraction of sp³-hybridized carbons (Fsp3) is 0.167. The van der Waals surface area contributed by atoms with Gasteiger partial charge in [0, 0.05) is 11.6 Å². The lowest BCUT2D eigenvalue weighted by molar-refractivity contribution is -0.383. The molecule has 9 heteroatoms. The summed E-state index contributed by atoms with van der Waals surface area (Å²) in [5.41, 5.74) is 6.96. The lowest BCUT2D eigenvalue weighted by atomic mass is 10.1. The van der Waals surface area contributed by atoms with Crippen molar-refractivity contribution in [3.05, 3.63) is 69.6 Å². The van der Waals surface area contributed by atoms with E-state index in [0.29, 0.717) is 5.89 Å². The molecule has 1 atom stereocenters. The van der Waals surface area contributed by atoms with Crippen LogP contribution < -0.4 is 5.73 Å². The minimum Gasteiger partial charge on any atom is -0.449 e. The Morgan fingerprint density at radius 2 is 1.93 bits per heavy atom. The molecule has 0 unspecified atom stereocenters. The highest BCUT2D eigenvalue weighted by atomic mass is 16.6. The van der Waals surface area contributed by atoms with Crippen molar-refractivity contribution in [1.82, 2.24) is 10.2 Å². The molecule has 0 saturated carbocycles. The fourth-order valence-electron chi connectivity index (χ4n) is 2.32. The summed E-state index contributed by atoms with van der Waals surface area (Å²) in [5.74, 6) is -0.347. The average molecular weight is 368 g/mol. The Hall–Kier alpha value is -3.75. The Bertz CT molecular complexity index is 997. The van der Waals surface area contributed by atoms with Gasteiger partial charge in [0.25, 0.3) is 11.6 Å². The molecule has 1 heterocycles. The molecule has 0 aliphatic carbocycles. The van der Waals surface area contributed by atoms with Crippen molar-refractivity contribution in [2.75, 3.05) is 5.73 Å². The zero-order valence-electron chi connectivity index (χ0n) is 14.6. The van der Waals surface area contributed by atoms with E-state index >= 15 is 0 Å². The highest BCUT2D eigenvalue weighted by Gasteiger charge is 2.22. The van der Waals surface area contributed by atoms with Crippen LogP contribution in [0.2, 0.25) is 0 Å². The standard InChI is InChI=1S/C18H16N4O5/c1-10-3-5-12(6-4-10)17-21-20-16(27-17)11(2)26-18(23)13-7-8-14(19)15(9-13)22(24)25/h3-9,11H,19H2,1-2H3/t11-/m1/s1. The number of esters is 1. The monoisotopic (exact) mass is 368 g/mol. The third kappa shape index (κ3) is 3.92.